The van der Waals surface area contributed by atoms with Crippen LogP contribution in [-0.2, 0) is 6.54 Å². The van der Waals surface area contributed by atoms with Crippen LogP contribution >= 0.6 is 0 Å². The Balaban J connectivity index is 2.05. The van der Waals surface area contributed by atoms with E-state index < -0.39 is 0 Å². The predicted molar refractivity (Wildman–Crippen MR) is 79.4 cm³/mol. The van der Waals surface area contributed by atoms with Crippen molar-refractivity contribution in [2.45, 2.75) is 25.4 Å². The van der Waals surface area contributed by atoms with E-state index in [1.54, 1.807) is 7.11 Å². The van der Waals surface area contributed by atoms with Gasteiger partial charge in [0.2, 0.25) is 0 Å². The summed E-state index contributed by atoms with van der Waals surface area (Å²) in [7, 11) is 5.96. The van der Waals surface area contributed by atoms with Crippen LogP contribution in [-0.4, -0.2) is 50.1 Å². The van der Waals surface area contributed by atoms with Crippen LogP contribution in [0.25, 0.3) is 0 Å². The summed E-state index contributed by atoms with van der Waals surface area (Å²) in [6.45, 7) is 3.26. The number of nitrogens with two attached hydrogens (primary N) is 1. The van der Waals surface area contributed by atoms with Crippen LogP contribution in [0.1, 0.15) is 18.4 Å². The molecule has 0 aromatic heterocycles. The first-order valence-corrected chi connectivity index (χ1v) is 6.90. The molecule has 0 saturated carbocycles. The van der Waals surface area contributed by atoms with Crippen molar-refractivity contribution in [3.63, 3.8) is 0 Å². The summed E-state index contributed by atoms with van der Waals surface area (Å²) in [5, 5.41) is 0. The zero-order chi connectivity index (χ0) is 13.8. The summed E-state index contributed by atoms with van der Waals surface area (Å²) in [5.74, 6) is 0.846. The molecule has 1 atom stereocenters. The Morgan fingerprint density at radius 2 is 2.16 bits per heavy atom. The third kappa shape index (κ3) is 3.85. The maximum absolute atomic E-state index is 5.92. The maximum atomic E-state index is 5.92. The highest BCUT2D eigenvalue weighted by atomic mass is 16.5. The zero-order valence-corrected chi connectivity index (χ0v) is 12.2. The van der Waals surface area contributed by atoms with Crippen LogP contribution in [0, 0.1) is 0 Å². The molecule has 0 aliphatic carbocycles. The summed E-state index contributed by atoms with van der Waals surface area (Å²) < 4.78 is 5.28. The van der Waals surface area contributed by atoms with Gasteiger partial charge in [0, 0.05) is 30.9 Å². The fourth-order valence-electron chi connectivity index (χ4n) is 2.86. The number of methoxy groups -OCH3 is 1. The molecule has 1 aliphatic rings. The Morgan fingerprint density at radius 1 is 1.37 bits per heavy atom. The molecule has 1 aliphatic heterocycles. The van der Waals surface area contributed by atoms with Crippen molar-refractivity contribution in [1.82, 2.24) is 9.80 Å². The highest BCUT2D eigenvalue weighted by Gasteiger charge is 2.24. The Bertz CT molecular complexity index is 420. The summed E-state index contributed by atoms with van der Waals surface area (Å²) in [4.78, 5) is 4.82. The largest absolute Gasteiger partial charge is 0.497 e. The third-order valence-electron chi connectivity index (χ3n) is 3.68. The minimum atomic E-state index is 0.655. The second-order valence-corrected chi connectivity index (χ2v) is 5.64. The quantitative estimate of drug-likeness (QED) is 0.823. The molecule has 1 aromatic rings. The average molecular weight is 263 g/mol. The predicted octanol–water partition coefficient (Wildman–Crippen LogP) is 1.80. The van der Waals surface area contributed by atoms with E-state index in [2.05, 4.69) is 30.0 Å². The van der Waals surface area contributed by atoms with Crippen molar-refractivity contribution in [3.05, 3.63) is 23.8 Å². The minimum Gasteiger partial charge on any atom is -0.497 e. The van der Waals surface area contributed by atoms with Crippen LogP contribution in [0.5, 0.6) is 5.75 Å². The molecule has 0 spiro atoms. The molecular weight excluding hydrogens is 238 g/mol. The van der Waals surface area contributed by atoms with E-state index in [1.165, 1.54) is 24.9 Å². The smallest absolute Gasteiger partial charge is 0.121 e. The summed E-state index contributed by atoms with van der Waals surface area (Å²) in [5.41, 5.74) is 7.93. The van der Waals surface area contributed by atoms with E-state index in [0.29, 0.717) is 6.04 Å². The number of nitrogen functional groups attached to an aromatic ring is 1. The molecule has 0 radical (unpaired) electrons. The lowest BCUT2D eigenvalue weighted by atomic mass is 10.1. The molecule has 4 nitrogen and oxygen atoms in total. The lowest BCUT2D eigenvalue weighted by molar-refractivity contribution is 0.201. The van der Waals surface area contributed by atoms with Gasteiger partial charge in [0.15, 0.2) is 0 Å². The Hall–Kier alpha value is -1.26. The molecule has 106 valence electrons. The molecule has 1 aromatic carbocycles. The Morgan fingerprint density at radius 3 is 2.84 bits per heavy atom. The number of hydrogen-bond acceptors (Lipinski definition) is 4. The minimum absolute atomic E-state index is 0.655. The van der Waals surface area contributed by atoms with Gasteiger partial charge < -0.3 is 15.4 Å². The zero-order valence-electron chi connectivity index (χ0n) is 12.2. The van der Waals surface area contributed by atoms with Gasteiger partial charge in [-0.3, -0.25) is 4.90 Å². The summed E-state index contributed by atoms with van der Waals surface area (Å²) in [6.07, 6.45) is 2.58. The van der Waals surface area contributed by atoms with Crippen molar-refractivity contribution in [1.29, 1.82) is 0 Å². The highest BCUT2D eigenvalue weighted by molar-refractivity contribution is 5.47. The highest BCUT2D eigenvalue weighted by Crippen LogP contribution is 2.24. The van der Waals surface area contributed by atoms with Gasteiger partial charge in [0.25, 0.3) is 0 Å². The molecule has 1 unspecified atom stereocenters. The van der Waals surface area contributed by atoms with Crippen molar-refractivity contribution in [2.75, 3.05) is 40.0 Å². The van der Waals surface area contributed by atoms with Gasteiger partial charge in [-0.05, 0) is 51.2 Å². The van der Waals surface area contributed by atoms with Gasteiger partial charge in [-0.15, -0.1) is 0 Å². The number of likely N-dealkylation sites (N-methyl/N-ethyl adjacent to an activating group) is 1. The number of rotatable bonds is 5. The summed E-state index contributed by atoms with van der Waals surface area (Å²) in [6, 6.07) is 6.65. The summed E-state index contributed by atoms with van der Waals surface area (Å²) >= 11 is 0. The van der Waals surface area contributed by atoms with Gasteiger partial charge in [-0.1, -0.05) is 0 Å². The Labute approximate surface area is 116 Å². The molecule has 2 rings (SSSR count). The normalized spacial score (nSPS) is 20.1. The molecule has 2 N–H and O–H groups in total. The number of ether oxygens (including phenoxy) is 1. The van der Waals surface area contributed by atoms with Gasteiger partial charge in [0.1, 0.15) is 5.75 Å². The lowest BCUT2D eigenvalue weighted by Crippen LogP contribution is -2.37. The van der Waals surface area contributed by atoms with Gasteiger partial charge >= 0.3 is 0 Å². The number of nitrogens with zero attached hydrogens (tertiary/aromatic N) is 2. The van der Waals surface area contributed by atoms with Crippen molar-refractivity contribution in [2.24, 2.45) is 0 Å². The van der Waals surface area contributed by atoms with E-state index in [9.17, 15) is 0 Å². The fourth-order valence-corrected chi connectivity index (χ4v) is 2.86. The second kappa shape index (κ2) is 6.26. The van der Waals surface area contributed by atoms with Gasteiger partial charge in [0.05, 0.1) is 7.11 Å². The van der Waals surface area contributed by atoms with Crippen molar-refractivity contribution in [3.8, 4) is 5.75 Å². The topological polar surface area (TPSA) is 41.7 Å². The molecular formula is C15H25N3O. The van der Waals surface area contributed by atoms with E-state index in [4.69, 9.17) is 10.5 Å². The maximum Gasteiger partial charge on any atom is 0.121 e. The molecule has 0 amide bonds. The van der Waals surface area contributed by atoms with E-state index >= 15 is 0 Å². The van der Waals surface area contributed by atoms with E-state index in [-0.39, 0.29) is 0 Å². The lowest BCUT2D eigenvalue weighted by Gasteiger charge is -2.27. The number of likely N-dealkylation sites (tertiary alicyclic amines) is 1. The molecule has 19 heavy (non-hydrogen) atoms. The molecule has 1 fully saturated rings. The average Bonchev–Trinajstić information content (AvgIpc) is 2.75. The van der Waals surface area contributed by atoms with E-state index in [1.807, 2.05) is 12.1 Å². The standard InChI is InChI=1S/C15H25N3O/c1-17(2)11-14-5-4-6-18(14)10-12-7-13(16)9-15(8-12)19-3/h7-9,14H,4-6,10-11,16H2,1-3H3. The van der Waals surface area contributed by atoms with Crippen molar-refractivity contribution >= 4 is 5.69 Å². The van der Waals surface area contributed by atoms with Crippen LogP contribution < -0.4 is 10.5 Å². The van der Waals surface area contributed by atoms with Crippen LogP contribution in [0.4, 0.5) is 5.69 Å². The molecule has 1 saturated heterocycles. The fraction of sp³-hybridized carbons (Fsp3) is 0.600. The molecule has 0 bridgehead atoms. The number of benzene rings is 1. The number of anilines is 1. The van der Waals surface area contributed by atoms with Crippen LogP contribution in [0.3, 0.4) is 0 Å². The van der Waals surface area contributed by atoms with Gasteiger partial charge in [-0.25, -0.2) is 0 Å². The first kappa shape index (κ1) is 14.2. The molecule has 4 heteroatoms. The monoisotopic (exact) mass is 263 g/mol. The van der Waals surface area contributed by atoms with Crippen molar-refractivity contribution < 1.29 is 4.74 Å². The number of hydrogen-bond donors (Lipinski definition) is 1. The first-order chi connectivity index (χ1) is 9.08. The second-order valence-electron chi connectivity index (χ2n) is 5.64. The SMILES string of the molecule is COc1cc(N)cc(CN2CCCC2CN(C)C)c1. The molecule has 1 heterocycles. The Kier molecular flexibility index (Phi) is 4.66. The van der Waals surface area contributed by atoms with E-state index in [0.717, 1.165) is 24.5 Å². The van der Waals surface area contributed by atoms with Crippen LogP contribution in [0.15, 0.2) is 18.2 Å². The third-order valence-corrected chi connectivity index (χ3v) is 3.68. The first-order valence-electron chi connectivity index (χ1n) is 6.90. The van der Waals surface area contributed by atoms with Gasteiger partial charge in [-0.2, -0.15) is 0 Å². The van der Waals surface area contributed by atoms with Crippen LogP contribution in [0.2, 0.25) is 0 Å².